The lowest BCUT2D eigenvalue weighted by atomic mass is 9.65. The van der Waals surface area contributed by atoms with Crippen molar-refractivity contribution in [2.75, 3.05) is 20.3 Å². The number of rotatable bonds is 7. The van der Waals surface area contributed by atoms with Crippen LogP contribution in [0.15, 0.2) is 58.8 Å². The van der Waals surface area contributed by atoms with E-state index in [1.807, 2.05) is 34.9 Å². The fourth-order valence-electron chi connectivity index (χ4n) is 6.45. The van der Waals surface area contributed by atoms with Crippen LogP contribution in [0, 0.1) is 10.8 Å². The van der Waals surface area contributed by atoms with E-state index in [0.29, 0.717) is 40.7 Å². The summed E-state index contributed by atoms with van der Waals surface area (Å²) in [5.74, 6) is 0.451. The Morgan fingerprint density at radius 1 is 1.08 bits per heavy atom. The Morgan fingerprint density at radius 3 is 2.58 bits per heavy atom. The molecule has 2 aliphatic rings. The molecule has 0 radical (unpaired) electrons. The maximum absolute atomic E-state index is 12.4. The molecule has 1 saturated heterocycles. The number of carbonyl (C=O) groups excluding carboxylic acids is 1. The van der Waals surface area contributed by atoms with Crippen molar-refractivity contribution in [1.82, 2.24) is 9.47 Å². The van der Waals surface area contributed by atoms with Crippen molar-refractivity contribution in [1.29, 1.82) is 0 Å². The van der Waals surface area contributed by atoms with Crippen molar-refractivity contribution in [3.05, 3.63) is 48.5 Å². The van der Waals surface area contributed by atoms with Crippen LogP contribution in [-0.2, 0) is 11.5 Å². The predicted molar refractivity (Wildman–Crippen MR) is 138 cm³/mol. The predicted octanol–water partition coefficient (Wildman–Crippen LogP) is 5.90. The van der Waals surface area contributed by atoms with Crippen LogP contribution < -0.4 is 9.47 Å². The lowest BCUT2D eigenvalue weighted by molar-refractivity contribution is -0.120. The maximum Gasteiger partial charge on any atom is 0.302 e. The molecule has 190 valence electrons. The second-order valence-corrected chi connectivity index (χ2v) is 11.3. The highest BCUT2D eigenvalue weighted by atomic mass is 16.5. The van der Waals surface area contributed by atoms with E-state index in [1.165, 1.54) is 12.8 Å². The molecule has 1 saturated carbocycles. The van der Waals surface area contributed by atoms with Crippen LogP contribution in [0.25, 0.3) is 10.9 Å². The average molecular weight is 491 g/mol. The number of fused-ring (bicyclic) bond motifs is 3. The second-order valence-electron chi connectivity index (χ2n) is 11.3. The first kappa shape index (κ1) is 24.3. The first-order valence-electron chi connectivity index (χ1n) is 12.4. The topological polar surface area (TPSA) is 88.6 Å². The van der Waals surface area contributed by atoms with Crippen LogP contribution in [0.1, 0.15) is 40.0 Å². The molecule has 1 amide bonds. The van der Waals surface area contributed by atoms with Crippen molar-refractivity contribution < 1.29 is 19.4 Å². The van der Waals surface area contributed by atoms with Crippen LogP contribution in [0.2, 0.25) is 0 Å². The molecule has 2 atom stereocenters. The molecule has 0 spiro atoms. The van der Waals surface area contributed by atoms with Crippen LogP contribution in [0.4, 0.5) is 5.69 Å². The molecule has 2 heterocycles. The maximum atomic E-state index is 12.4. The third-order valence-corrected chi connectivity index (χ3v) is 7.45. The Kier molecular flexibility index (Phi) is 6.24. The summed E-state index contributed by atoms with van der Waals surface area (Å²) >= 11 is 0. The molecular formula is C28H34N4O4. The third kappa shape index (κ3) is 4.69. The van der Waals surface area contributed by atoms with E-state index in [2.05, 4.69) is 35.9 Å². The molecule has 2 aromatic carbocycles. The number of hydrogen-bond donors (Lipinski definition) is 1. The van der Waals surface area contributed by atoms with E-state index in [9.17, 15) is 9.90 Å². The number of azo groups is 1. The molecule has 5 rings (SSSR count). The Bertz CT molecular complexity index is 1310. The minimum atomic E-state index is -0.555. The number of amides is 1. The molecule has 1 aliphatic heterocycles. The van der Waals surface area contributed by atoms with Crippen molar-refractivity contribution in [3.63, 3.8) is 0 Å². The van der Waals surface area contributed by atoms with Gasteiger partial charge in [0.25, 0.3) is 0 Å². The van der Waals surface area contributed by atoms with Gasteiger partial charge in [-0.3, -0.25) is 14.3 Å². The molecule has 1 aromatic heterocycles. The number of ether oxygens (including phenoxy) is 2. The van der Waals surface area contributed by atoms with Crippen LogP contribution >= 0.6 is 0 Å². The highest BCUT2D eigenvalue weighted by Crippen LogP contribution is 2.53. The molecule has 1 N–H and O–H groups in total. The van der Waals surface area contributed by atoms with Crippen molar-refractivity contribution >= 4 is 22.5 Å². The second kappa shape index (κ2) is 9.24. The lowest BCUT2D eigenvalue weighted by Crippen LogP contribution is -2.35. The smallest absolute Gasteiger partial charge is 0.302 e. The molecule has 3 aromatic rings. The highest BCUT2D eigenvalue weighted by Gasteiger charge is 2.49. The summed E-state index contributed by atoms with van der Waals surface area (Å²) in [6, 6.07) is 15.3. The van der Waals surface area contributed by atoms with E-state index >= 15 is 0 Å². The highest BCUT2D eigenvalue weighted by molar-refractivity contribution is 5.95. The standard InChI is InChI=1S/C28H34N4O4/c1-27(2)13-19-14-28(3,16-27)17-31(19)18-32-21-10-6-5-9-20(21)25(26(32)34)30-29-24(33)15-36-23-12-8-7-11-22(23)35-4/h5-12,19,34H,13-18H2,1-4H3/t19-,28-/m0/s1. The number of methoxy groups -OCH3 is 1. The van der Waals surface area contributed by atoms with E-state index < -0.39 is 5.91 Å². The van der Waals surface area contributed by atoms with Gasteiger partial charge in [-0.15, -0.1) is 10.2 Å². The Morgan fingerprint density at radius 2 is 1.81 bits per heavy atom. The van der Waals surface area contributed by atoms with Crippen LogP contribution in [-0.4, -0.2) is 46.8 Å². The van der Waals surface area contributed by atoms with Crippen LogP contribution in [0.3, 0.4) is 0 Å². The first-order valence-corrected chi connectivity index (χ1v) is 12.4. The Labute approximate surface area is 211 Å². The van der Waals surface area contributed by atoms with Gasteiger partial charge in [-0.2, -0.15) is 0 Å². The van der Waals surface area contributed by atoms with Gasteiger partial charge in [0, 0.05) is 18.0 Å². The normalized spacial score (nSPS) is 23.4. The van der Waals surface area contributed by atoms with Gasteiger partial charge in [-0.25, -0.2) is 0 Å². The number of nitrogens with zero attached hydrogens (tertiary/aromatic N) is 4. The summed E-state index contributed by atoms with van der Waals surface area (Å²) in [6.45, 7) is 8.39. The van der Waals surface area contributed by atoms with Gasteiger partial charge in [0.05, 0.1) is 19.3 Å². The molecule has 1 aliphatic carbocycles. The summed E-state index contributed by atoms with van der Waals surface area (Å²) in [7, 11) is 1.54. The number of hydrogen-bond acceptors (Lipinski definition) is 6. The van der Waals surface area contributed by atoms with Gasteiger partial charge in [-0.05, 0) is 48.3 Å². The number of likely N-dealkylation sites (tertiary alicyclic amines) is 1. The minimum absolute atomic E-state index is 0.0178. The third-order valence-electron chi connectivity index (χ3n) is 7.45. The van der Waals surface area contributed by atoms with Gasteiger partial charge >= 0.3 is 5.91 Å². The fraction of sp³-hybridized carbons (Fsp3) is 0.464. The summed E-state index contributed by atoms with van der Waals surface area (Å²) in [6.07, 6.45) is 3.55. The number of aromatic hydroxyl groups is 1. The van der Waals surface area contributed by atoms with E-state index in [4.69, 9.17) is 9.47 Å². The Balaban J connectivity index is 1.36. The molecule has 8 heteroatoms. The summed E-state index contributed by atoms with van der Waals surface area (Å²) < 4.78 is 12.7. The van der Waals surface area contributed by atoms with Crippen molar-refractivity contribution in [3.8, 4) is 17.4 Å². The minimum Gasteiger partial charge on any atom is -0.493 e. The van der Waals surface area contributed by atoms with E-state index in [0.717, 1.165) is 23.9 Å². The quantitative estimate of drug-likeness (QED) is 0.416. The molecule has 2 bridgehead atoms. The number of carbonyl (C=O) groups is 1. The van der Waals surface area contributed by atoms with Gasteiger partial charge in [0.1, 0.15) is 0 Å². The van der Waals surface area contributed by atoms with Crippen LogP contribution in [0.5, 0.6) is 17.4 Å². The average Bonchev–Trinajstić information content (AvgIpc) is 3.24. The molecule has 36 heavy (non-hydrogen) atoms. The van der Waals surface area contributed by atoms with Gasteiger partial charge in [0.15, 0.2) is 23.8 Å². The first-order chi connectivity index (χ1) is 17.2. The SMILES string of the molecule is COc1ccccc1OCC(=O)N=Nc1c(O)n(CN2C[C@@]3(C)C[C@@H]2CC(C)(C)C3)c2ccccc12. The summed E-state index contributed by atoms with van der Waals surface area (Å²) in [4.78, 5) is 14.9. The van der Waals surface area contributed by atoms with E-state index in [-0.39, 0.29) is 12.5 Å². The van der Waals surface area contributed by atoms with Crippen molar-refractivity contribution in [2.45, 2.75) is 52.7 Å². The molecule has 8 nitrogen and oxygen atoms in total. The zero-order valence-corrected chi connectivity index (χ0v) is 21.4. The lowest BCUT2D eigenvalue weighted by Gasteiger charge is -2.40. The summed E-state index contributed by atoms with van der Waals surface area (Å²) in [5, 5.41) is 19.9. The Hall–Kier alpha value is -3.39. The summed E-state index contributed by atoms with van der Waals surface area (Å²) in [5.41, 5.74) is 1.78. The van der Waals surface area contributed by atoms with Gasteiger partial charge < -0.3 is 14.6 Å². The zero-order valence-electron chi connectivity index (χ0n) is 21.4. The molecule has 0 unspecified atom stereocenters. The van der Waals surface area contributed by atoms with E-state index in [1.54, 1.807) is 25.3 Å². The monoisotopic (exact) mass is 490 g/mol. The van der Waals surface area contributed by atoms with Gasteiger partial charge in [0.2, 0.25) is 5.88 Å². The fourth-order valence-corrected chi connectivity index (χ4v) is 6.45. The molecular weight excluding hydrogens is 456 g/mol. The largest absolute Gasteiger partial charge is 0.493 e. The number of aromatic nitrogens is 1. The van der Waals surface area contributed by atoms with Crippen molar-refractivity contribution in [2.24, 2.45) is 21.1 Å². The zero-order chi connectivity index (χ0) is 25.5. The number of benzene rings is 2. The number of para-hydroxylation sites is 3. The molecule has 2 fully saturated rings. The van der Waals surface area contributed by atoms with Gasteiger partial charge in [-0.1, -0.05) is 51.1 Å².